The molecule has 0 aliphatic heterocycles. The molecule has 0 aromatic rings. The molecule has 0 aromatic carbocycles. The van der Waals surface area contributed by atoms with E-state index in [2.05, 4.69) is 29.8 Å². The quantitative estimate of drug-likeness (QED) is 0.520. The zero-order valence-corrected chi connectivity index (χ0v) is 13.0. The van der Waals surface area contributed by atoms with E-state index in [1.165, 1.54) is 57.8 Å². The first-order chi connectivity index (χ1) is 8.23. The van der Waals surface area contributed by atoms with Gasteiger partial charge in [0.2, 0.25) is 0 Å². The maximum absolute atomic E-state index is 6.45. The second-order valence-corrected chi connectivity index (χ2v) is 6.99. The van der Waals surface area contributed by atoms with E-state index in [1.54, 1.807) is 0 Å². The molecule has 0 aromatic heterocycles. The molecule has 1 nitrogen and oxygen atoms in total. The standard InChI is InChI=1S/C15H27BrO/c1-3-15(4-2)13(16)11-14(15)17-12-9-7-5-6-8-10-12/h12-14H,3-11H2,1-2H3. The Kier molecular flexibility index (Phi) is 4.94. The van der Waals surface area contributed by atoms with E-state index >= 15 is 0 Å². The number of rotatable bonds is 4. The van der Waals surface area contributed by atoms with Crippen LogP contribution in [0.2, 0.25) is 0 Å². The molecule has 0 amide bonds. The lowest BCUT2D eigenvalue weighted by Gasteiger charge is -2.54. The zero-order valence-electron chi connectivity index (χ0n) is 11.4. The second kappa shape index (κ2) is 6.06. The molecule has 2 fully saturated rings. The van der Waals surface area contributed by atoms with Gasteiger partial charge in [-0.2, -0.15) is 0 Å². The third kappa shape index (κ3) is 2.73. The number of ether oxygens (including phenoxy) is 1. The third-order valence-electron chi connectivity index (χ3n) is 5.16. The Hall–Kier alpha value is 0.440. The Morgan fingerprint density at radius 1 is 1.06 bits per heavy atom. The molecule has 2 rings (SSSR count). The van der Waals surface area contributed by atoms with E-state index in [0.717, 1.165) is 0 Å². The molecule has 2 heteroatoms. The SMILES string of the molecule is CCC1(CC)C(Br)CC1OC1CCCCCC1. The molecular weight excluding hydrogens is 276 g/mol. The highest BCUT2D eigenvalue weighted by molar-refractivity contribution is 9.09. The van der Waals surface area contributed by atoms with Crippen LogP contribution in [-0.2, 0) is 4.74 Å². The van der Waals surface area contributed by atoms with Crippen LogP contribution >= 0.6 is 15.9 Å². The first-order valence-corrected chi connectivity index (χ1v) is 8.44. The fourth-order valence-corrected chi connectivity index (χ4v) is 4.93. The van der Waals surface area contributed by atoms with Gasteiger partial charge in [0.15, 0.2) is 0 Å². The molecule has 2 atom stereocenters. The van der Waals surface area contributed by atoms with E-state index in [0.29, 0.717) is 22.5 Å². The van der Waals surface area contributed by atoms with Gasteiger partial charge < -0.3 is 4.74 Å². The van der Waals surface area contributed by atoms with Crippen LogP contribution in [0, 0.1) is 5.41 Å². The van der Waals surface area contributed by atoms with Crippen molar-refractivity contribution >= 4 is 15.9 Å². The molecule has 0 saturated heterocycles. The highest BCUT2D eigenvalue weighted by Gasteiger charge is 2.52. The monoisotopic (exact) mass is 302 g/mol. The van der Waals surface area contributed by atoms with Gasteiger partial charge in [-0.25, -0.2) is 0 Å². The van der Waals surface area contributed by atoms with E-state index in [1.807, 2.05) is 0 Å². The summed E-state index contributed by atoms with van der Waals surface area (Å²) in [5.41, 5.74) is 0.423. The van der Waals surface area contributed by atoms with Crippen molar-refractivity contribution in [3.8, 4) is 0 Å². The van der Waals surface area contributed by atoms with Crippen LogP contribution < -0.4 is 0 Å². The Bertz CT molecular complexity index is 229. The minimum Gasteiger partial charge on any atom is -0.374 e. The first-order valence-electron chi connectivity index (χ1n) is 7.52. The van der Waals surface area contributed by atoms with Gasteiger partial charge >= 0.3 is 0 Å². The van der Waals surface area contributed by atoms with Crippen LogP contribution in [0.25, 0.3) is 0 Å². The maximum Gasteiger partial charge on any atom is 0.0656 e. The van der Waals surface area contributed by atoms with Crippen LogP contribution in [0.4, 0.5) is 0 Å². The zero-order chi connectivity index (χ0) is 12.3. The largest absolute Gasteiger partial charge is 0.374 e. The molecule has 2 saturated carbocycles. The highest BCUT2D eigenvalue weighted by atomic mass is 79.9. The van der Waals surface area contributed by atoms with E-state index in [9.17, 15) is 0 Å². The van der Waals surface area contributed by atoms with Gasteiger partial charge in [0, 0.05) is 10.2 Å². The predicted octanol–water partition coefficient (Wildman–Crippen LogP) is 5.07. The molecule has 0 heterocycles. The van der Waals surface area contributed by atoms with Crippen molar-refractivity contribution in [3.05, 3.63) is 0 Å². The summed E-state index contributed by atoms with van der Waals surface area (Å²) < 4.78 is 6.45. The van der Waals surface area contributed by atoms with Crippen molar-refractivity contribution in [2.75, 3.05) is 0 Å². The Morgan fingerprint density at radius 2 is 1.65 bits per heavy atom. The highest BCUT2D eigenvalue weighted by Crippen LogP contribution is 2.53. The fraction of sp³-hybridized carbons (Fsp3) is 1.00. The minimum absolute atomic E-state index is 0.423. The molecule has 2 unspecified atom stereocenters. The summed E-state index contributed by atoms with van der Waals surface area (Å²) in [5, 5.41) is 0. The molecule has 0 bridgehead atoms. The fourth-order valence-electron chi connectivity index (χ4n) is 3.65. The summed E-state index contributed by atoms with van der Waals surface area (Å²) >= 11 is 3.84. The lowest BCUT2D eigenvalue weighted by Crippen LogP contribution is -2.55. The van der Waals surface area contributed by atoms with Gasteiger partial charge in [-0.1, -0.05) is 55.5 Å². The van der Waals surface area contributed by atoms with Gasteiger partial charge in [0.1, 0.15) is 0 Å². The Balaban J connectivity index is 1.90. The summed E-state index contributed by atoms with van der Waals surface area (Å²) in [5.74, 6) is 0. The average molecular weight is 303 g/mol. The summed E-state index contributed by atoms with van der Waals surface area (Å²) in [6.45, 7) is 4.64. The average Bonchev–Trinajstić information content (AvgIpc) is 2.59. The lowest BCUT2D eigenvalue weighted by molar-refractivity contribution is -0.142. The van der Waals surface area contributed by atoms with Gasteiger partial charge in [-0.3, -0.25) is 0 Å². The molecule has 0 spiro atoms. The predicted molar refractivity (Wildman–Crippen MR) is 76.7 cm³/mol. The van der Waals surface area contributed by atoms with E-state index < -0.39 is 0 Å². The van der Waals surface area contributed by atoms with Crippen LogP contribution in [-0.4, -0.2) is 17.0 Å². The van der Waals surface area contributed by atoms with Crippen molar-refractivity contribution in [1.29, 1.82) is 0 Å². The topological polar surface area (TPSA) is 9.23 Å². The van der Waals surface area contributed by atoms with Crippen molar-refractivity contribution in [1.82, 2.24) is 0 Å². The number of hydrogen-bond acceptors (Lipinski definition) is 1. The van der Waals surface area contributed by atoms with E-state index in [4.69, 9.17) is 4.74 Å². The van der Waals surface area contributed by atoms with Crippen LogP contribution in [0.1, 0.15) is 71.6 Å². The van der Waals surface area contributed by atoms with Gasteiger partial charge in [-0.05, 0) is 32.1 Å². The van der Waals surface area contributed by atoms with Crippen molar-refractivity contribution in [2.24, 2.45) is 5.41 Å². The maximum atomic E-state index is 6.45. The molecule has 0 radical (unpaired) electrons. The molecule has 17 heavy (non-hydrogen) atoms. The van der Waals surface area contributed by atoms with Crippen LogP contribution in [0.15, 0.2) is 0 Å². The van der Waals surface area contributed by atoms with Crippen molar-refractivity contribution in [3.63, 3.8) is 0 Å². The van der Waals surface area contributed by atoms with Crippen molar-refractivity contribution < 1.29 is 4.74 Å². The second-order valence-electron chi connectivity index (χ2n) is 5.88. The van der Waals surface area contributed by atoms with E-state index in [-0.39, 0.29) is 0 Å². The normalized spacial score (nSPS) is 34.1. The van der Waals surface area contributed by atoms with Crippen LogP contribution in [0.5, 0.6) is 0 Å². The van der Waals surface area contributed by atoms with Gasteiger partial charge in [0.05, 0.1) is 12.2 Å². The van der Waals surface area contributed by atoms with Crippen LogP contribution in [0.3, 0.4) is 0 Å². The number of alkyl halides is 1. The summed E-state index contributed by atoms with van der Waals surface area (Å²) in [7, 11) is 0. The van der Waals surface area contributed by atoms with Gasteiger partial charge in [-0.15, -0.1) is 0 Å². The molecule has 2 aliphatic rings. The smallest absolute Gasteiger partial charge is 0.0656 e. The summed E-state index contributed by atoms with van der Waals surface area (Å²) in [6.07, 6.45) is 13.0. The number of hydrogen-bond donors (Lipinski definition) is 0. The summed E-state index contributed by atoms with van der Waals surface area (Å²) in [4.78, 5) is 0.681. The molecule has 2 aliphatic carbocycles. The van der Waals surface area contributed by atoms with Gasteiger partial charge in [0.25, 0.3) is 0 Å². The number of halogens is 1. The molecule has 100 valence electrons. The van der Waals surface area contributed by atoms with Crippen molar-refractivity contribution in [2.45, 2.75) is 88.7 Å². The Morgan fingerprint density at radius 3 is 2.12 bits per heavy atom. The minimum atomic E-state index is 0.423. The summed E-state index contributed by atoms with van der Waals surface area (Å²) in [6, 6.07) is 0. The molecular formula is C15H27BrO. The third-order valence-corrected chi connectivity index (χ3v) is 6.45. The first kappa shape index (κ1) is 13.9. The molecule has 0 N–H and O–H groups in total. The Labute approximate surface area is 115 Å². The lowest BCUT2D eigenvalue weighted by atomic mass is 9.62.